The van der Waals surface area contributed by atoms with Gasteiger partial charge in [-0.25, -0.2) is 0 Å². The molecule has 1 saturated carbocycles. The maximum Gasteiger partial charge on any atom is 0.279 e. The van der Waals surface area contributed by atoms with E-state index in [1.807, 2.05) is 0 Å². The number of hydrogen-bond donors (Lipinski definition) is 1. The van der Waals surface area contributed by atoms with Gasteiger partial charge in [-0.3, -0.25) is 4.79 Å². The van der Waals surface area contributed by atoms with Crippen molar-refractivity contribution < 1.29 is 9.28 Å². The van der Waals surface area contributed by atoms with Gasteiger partial charge in [-0.15, -0.1) is 0 Å². The minimum absolute atomic E-state index is 0.146. The number of aryl methyl sites for hydroxylation is 2. The van der Waals surface area contributed by atoms with E-state index < -0.39 is 0 Å². The van der Waals surface area contributed by atoms with Crippen LogP contribution in [0.4, 0.5) is 5.69 Å². The number of anilines is 1. The van der Waals surface area contributed by atoms with Crippen molar-refractivity contribution in [3.8, 4) is 0 Å². The van der Waals surface area contributed by atoms with Gasteiger partial charge in [-0.2, -0.15) is 0 Å². The van der Waals surface area contributed by atoms with Crippen molar-refractivity contribution in [3.05, 3.63) is 29.3 Å². The Hall–Kier alpha value is -1.35. The summed E-state index contributed by atoms with van der Waals surface area (Å²) in [5.41, 5.74) is 3.52. The van der Waals surface area contributed by atoms with Crippen molar-refractivity contribution in [1.82, 2.24) is 0 Å². The lowest BCUT2D eigenvalue weighted by molar-refractivity contribution is -0.906. The van der Waals surface area contributed by atoms with Gasteiger partial charge in [-0.1, -0.05) is 32.0 Å². The van der Waals surface area contributed by atoms with E-state index in [9.17, 15) is 4.79 Å². The van der Waals surface area contributed by atoms with Gasteiger partial charge >= 0.3 is 0 Å². The fraction of sp³-hybridized carbons (Fsp3) is 0.632. The molecule has 1 fully saturated rings. The van der Waals surface area contributed by atoms with Crippen LogP contribution in [-0.2, 0) is 17.6 Å². The average molecular weight is 303 g/mol. The molecule has 0 aliphatic heterocycles. The number of hydrogen-bond acceptors (Lipinski definition) is 1. The molecule has 1 amide bonds. The summed E-state index contributed by atoms with van der Waals surface area (Å²) in [6.45, 7) is 4.85. The van der Waals surface area contributed by atoms with Gasteiger partial charge in [0.1, 0.15) is 0 Å². The lowest BCUT2D eigenvalue weighted by Crippen LogP contribution is -2.51. The fourth-order valence-electron chi connectivity index (χ4n) is 3.68. The number of para-hydroxylation sites is 1. The highest BCUT2D eigenvalue weighted by atomic mass is 16.2. The van der Waals surface area contributed by atoms with Gasteiger partial charge in [0.2, 0.25) is 0 Å². The number of carbonyl (C=O) groups excluding carboxylic acids is 1. The third kappa shape index (κ3) is 3.89. The van der Waals surface area contributed by atoms with E-state index in [-0.39, 0.29) is 5.91 Å². The topological polar surface area (TPSA) is 29.1 Å². The second-order valence-corrected chi connectivity index (χ2v) is 7.08. The Bertz CT molecular complexity index is 494. The van der Waals surface area contributed by atoms with Crippen LogP contribution in [-0.4, -0.2) is 37.1 Å². The first-order chi connectivity index (χ1) is 10.5. The quantitative estimate of drug-likeness (QED) is 0.796. The minimum Gasteiger partial charge on any atom is -0.321 e. The summed E-state index contributed by atoms with van der Waals surface area (Å²) in [5.74, 6) is 0.146. The highest BCUT2D eigenvalue weighted by Crippen LogP contribution is 2.27. The van der Waals surface area contributed by atoms with E-state index in [0.29, 0.717) is 12.6 Å². The van der Waals surface area contributed by atoms with E-state index in [2.05, 4.69) is 51.5 Å². The third-order valence-electron chi connectivity index (χ3n) is 5.13. The molecule has 1 aliphatic carbocycles. The molecule has 0 atom stereocenters. The van der Waals surface area contributed by atoms with Gasteiger partial charge in [-0.05, 0) is 49.7 Å². The molecule has 3 nitrogen and oxygen atoms in total. The van der Waals surface area contributed by atoms with Crippen LogP contribution < -0.4 is 5.32 Å². The molecule has 0 spiro atoms. The maximum absolute atomic E-state index is 12.6. The van der Waals surface area contributed by atoms with Gasteiger partial charge in [0.25, 0.3) is 5.91 Å². The fourth-order valence-corrected chi connectivity index (χ4v) is 3.68. The Morgan fingerprint density at radius 3 is 2.18 bits per heavy atom. The van der Waals surface area contributed by atoms with E-state index in [1.165, 1.54) is 36.8 Å². The van der Waals surface area contributed by atoms with E-state index in [1.54, 1.807) is 0 Å². The third-order valence-corrected chi connectivity index (χ3v) is 5.13. The number of quaternary nitrogens is 1. The van der Waals surface area contributed by atoms with Crippen LogP contribution in [0, 0.1) is 0 Å². The van der Waals surface area contributed by atoms with Crippen LogP contribution in [0.2, 0.25) is 0 Å². The largest absolute Gasteiger partial charge is 0.321 e. The summed E-state index contributed by atoms with van der Waals surface area (Å²) >= 11 is 0. The van der Waals surface area contributed by atoms with Crippen molar-refractivity contribution in [2.75, 3.05) is 26.0 Å². The number of carbonyl (C=O) groups is 1. The van der Waals surface area contributed by atoms with Crippen molar-refractivity contribution in [1.29, 1.82) is 0 Å². The second-order valence-electron chi connectivity index (χ2n) is 7.08. The molecule has 1 aromatic carbocycles. The Labute approximate surface area is 135 Å². The van der Waals surface area contributed by atoms with Crippen molar-refractivity contribution in [3.63, 3.8) is 0 Å². The summed E-state index contributed by atoms with van der Waals surface area (Å²) in [5, 5.41) is 3.21. The number of amides is 1. The van der Waals surface area contributed by atoms with Gasteiger partial charge in [0.05, 0.1) is 20.1 Å². The van der Waals surface area contributed by atoms with Crippen LogP contribution >= 0.6 is 0 Å². The highest BCUT2D eigenvalue weighted by Gasteiger charge is 2.33. The first-order valence-electron chi connectivity index (χ1n) is 8.71. The van der Waals surface area contributed by atoms with Gasteiger partial charge in [0, 0.05) is 5.69 Å². The van der Waals surface area contributed by atoms with Crippen LogP contribution in [0.3, 0.4) is 0 Å². The lowest BCUT2D eigenvalue weighted by Gasteiger charge is -2.35. The molecule has 0 radical (unpaired) electrons. The Balaban J connectivity index is 2.08. The van der Waals surface area contributed by atoms with Crippen LogP contribution in [0.15, 0.2) is 18.2 Å². The number of rotatable bonds is 6. The first kappa shape index (κ1) is 17.0. The number of benzene rings is 1. The molecule has 0 unspecified atom stereocenters. The van der Waals surface area contributed by atoms with E-state index >= 15 is 0 Å². The predicted octanol–water partition coefficient (Wildman–Crippen LogP) is 3.77. The molecule has 0 aromatic heterocycles. The zero-order valence-electron chi connectivity index (χ0n) is 14.6. The van der Waals surface area contributed by atoms with Gasteiger partial charge in [0.15, 0.2) is 6.54 Å². The van der Waals surface area contributed by atoms with E-state index in [4.69, 9.17) is 0 Å². The molecule has 0 saturated heterocycles. The lowest BCUT2D eigenvalue weighted by atomic mass is 10.0. The predicted molar refractivity (Wildman–Crippen MR) is 93.1 cm³/mol. The molecule has 3 heteroatoms. The molecular formula is C19H31N2O+. The summed E-state index contributed by atoms with van der Waals surface area (Å²) in [4.78, 5) is 12.6. The summed E-state index contributed by atoms with van der Waals surface area (Å²) < 4.78 is 0.807. The smallest absolute Gasteiger partial charge is 0.279 e. The number of nitrogens with zero attached hydrogens (tertiary/aromatic N) is 1. The van der Waals surface area contributed by atoms with E-state index in [0.717, 1.165) is 23.0 Å². The molecule has 0 heterocycles. The van der Waals surface area contributed by atoms with Crippen LogP contribution in [0.25, 0.3) is 0 Å². The monoisotopic (exact) mass is 303 g/mol. The minimum atomic E-state index is 0.146. The standard InChI is InChI=1S/C19H30N2O/c1-5-15-10-9-11-16(6-2)19(15)20-18(22)14-21(3,4)17-12-7-8-13-17/h9-11,17H,5-8,12-14H2,1-4H3/p+1. The van der Waals surface area contributed by atoms with Crippen molar-refractivity contribution >= 4 is 11.6 Å². The molecule has 122 valence electrons. The molecule has 22 heavy (non-hydrogen) atoms. The second kappa shape index (κ2) is 7.28. The highest BCUT2D eigenvalue weighted by molar-refractivity contribution is 5.93. The van der Waals surface area contributed by atoms with Crippen LogP contribution in [0.5, 0.6) is 0 Å². The molecule has 0 bridgehead atoms. The summed E-state index contributed by atoms with van der Waals surface area (Å²) in [6.07, 6.45) is 7.03. The normalized spacial score (nSPS) is 16.0. The molecule has 2 rings (SSSR count). The van der Waals surface area contributed by atoms with Crippen molar-refractivity contribution in [2.24, 2.45) is 0 Å². The maximum atomic E-state index is 12.6. The number of likely N-dealkylation sites (N-methyl/N-ethyl adjacent to an activating group) is 1. The SMILES string of the molecule is CCc1cccc(CC)c1NC(=O)C[N+](C)(C)C1CCCC1. The Kier molecular flexibility index (Phi) is 5.63. The first-order valence-corrected chi connectivity index (χ1v) is 8.71. The molecule has 1 aliphatic rings. The number of nitrogens with one attached hydrogen (secondary N) is 1. The Morgan fingerprint density at radius 1 is 1.14 bits per heavy atom. The average Bonchev–Trinajstić information content (AvgIpc) is 3.02. The molecule has 1 aromatic rings. The van der Waals surface area contributed by atoms with Gasteiger partial charge < -0.3 is 9.80 Å². The zero-order valence-corrected chi connectivity index (χ0v) is 14.6. The summed E-state index contributed by atoms with van der Waals surface area (Å²) in [7, 11) is 4.39. The Morgan fingerprint density at radius 2 is 1.68 bits per heavy atom. The molecule has 1 N–H and O–H groups in total. The summed E-state index contributed by atoms with van der Waals surface area (Å²) in [6, 6.07) is 6.96. The van der Waals surface area contributed by atoms with Crippen LogP contribution in [0.1, 0.15) is 50.7 Å². The molecular weight excluding hydrogens is 272 g/mol. The zero-order chi connectivity index (χ0) is 16.2. The van der Waals surface area contributed by atoms with Crippen molar-refractivity contribution in [2.45, 2.75) is 58.4 Å².